The van der Waals surface area contributed by atoms with Gasteiger partial charge in [0.15, 0.2) is 5.65 Å². The second kappa shape index (κ2) is 7.63. The van der Waals surface area contributed by atoms with Crippen LogP contribution in [0.2, 0.25) is 0 Å². The zero-order valence-corrected chi connectivity index (χ0v) is 17.1. The van der Waals surface area contributed by atoms with Crippen LogP contribution in [0, 0.1) is 0 Å². The van der Waals surface area contributed by atoms with E-state index in [1.165, 1.54) is 5.56 Å². The van der Waals surface area contributed by atoms with Crippen molar-refractivity contribution in [1.29, 1.82) is 0 Å². The van der Waals surface area contributed by atoms with Crippen molar-refractivity contribution in [3.63, 3.8) is 0 Å². The molecule has 7 nitrogen and oxygen atoms in total. The first-order chi connectivity index (χ1) is 15.9. The SMILES string of the molecule is C(=N/Nc1nnc2c3ccccc3n(Cc3ccccc3)c2n1)/c1c[nH]c2ccccc12. The highest BCUT2D eigenvalue weighted by molar-refractivity contribution is 6.04. The third-order valence-electron chi connectivity index (χ3n) is 5.55. The van der Waals surface area contributed by atoms with Gasteiger partial charge in [-0.25, -0.2) is 5.43 Å². The number of anilines is 1. The first-order valence-electron chi connectivity index (χ1n) is 10.4. The quantitative estimate of drug-likeness (QED) is 0.307. The Balaban J connectivity index is 1.37. The highest BCUT2D eigenvalue weighted by Crippen LogP contribution is 2.27. The van der Waals surface area contributed by atoms with Crippen molar-refractivity contribution in [3.8, 4) is 0 Å². The summed E-state index contributed by atoms with van der Waals surface area (Å²) in [5, 5.41) is 15.2. The summed E-state index contributed by atoms with van der Waals surface area (Å²) in [6, 6.07) is 26.6. The van der Waals surface area contributed by atoms with Crippen LogP contribution >= 0.6 is 0 Å². The average Bonchev–Trinajstić information content (AvgIpc) is 3.39. The van der Waals surface area contributed by atoms with E-state index in [-0.39, 0.29) is 0 Å². The minimum atomic E-state index is 0.353. The molecule has 0 bridgehead atoms. The lowest BCUT2D eigenvalue weighted by atomic mass is 10.2. The average molecular weight is 417 g/mol. The fraction of sp³-hybridized carbons (Fsp3) is 0.0400. The molecule has 0 aliphatic rings. The number of fused-ring (bicyclic) bond motifs is 4. The largest absolute Gasteiger partial charge is 0.361 e. The topological polar surface area (TPSA) is 83.8 Å². The Morgan fingerprint density at radius 3 is 2.56 bits per heavy atom. The first kappa shape index (κ1) is 18.3. The second-order valence-corrected chi connectivity index (χ2v) is 7.56. The highest BCUT2D eigenvalue weighted by Gasteiger charge is 2.14. The number of hydrogen-bond acceptors (Lipinski definition) is 5. The van der Waals surface area contributed by atoms with E-state index >= 15 is 0 Å². The molecule has 6 aromatic rings. The van der Waals surface area contributed by atoms with Crippen LogP contribution in [-0.2, 0) is 6.54 Å². The van der Waals surface area contributed by atoms with Crippen LogP contribution in [0.4, 0.5) is 5.95 Å². The van der Waals surface area contributed by atoms with Crippen LogP contribution < -0.4 is 5.43 Å². The summed E-state index contributed by atoms with van der Waals surface area (Å²) in [6.45, 7) is 0.696. The molecule has 0 unspecified atom stereocenters. The normalized spacial score (nSPS) is 11.8. The molecule has 0 saturated heterocycles. The minimum absolute atomic E-state index is 0.353. The Bertz CT molecular complexity index is 1580. The number of aromatic amines is 1. The highest BCUT2D eigenvalue weighted by atomic mass is 15.4. The maximum atomic E-state index is 4.75. The van der Waals surface area contributed by atoms with Gasteiger partial charge >= 0.3 is 0 Å². The summed E-state index contributed by atoms with van der Waals surface area (Å²) in [6.07, 6.45) is 3.68. The molecule has 0 atom stereocenters. The van der Waals surface area contributed by atoms with E-state index in [0.717, 1.165) is 38.5 Å². The third-order valence-corrected chi connectivity index (χ3v) is 5.55. The lowest BCUT2D eigenvalue weighted by Crippen LogP contribution is -2.04. The Labute approximate surface area is 183 Å². The summed E-state index contributed by atoms with van der Waals surface area (Å²) in [5.41, 5.74) is 8.81. The smallest absolute Gasteiger partial charge is 0.265 e. The monoisotopic (exact) mass is 417 g/mol. The van der Waals surface area contributed by atoms with Crippen LogP contribution in [0.3, 0.4) is 0 Å². The Hall–Kier alpha value is -4.52. The summed E-state index contributed by atoms with van der Waals surface area (Å²) in [7, 11) is 0. The number of hydrogen-bond donors (Lipinski definition) is 2. The number of para-hydroxylation sites is 2. The molecule has 7 heteroatoms. The Morgan fingerprint density at radius 2 is 1.66 bits per heavy atom. The molecule has 3 aromatic heterocycles. The maximum Gasteiger partial charge on any atom is 0.265 e. The fourth-order valence-electron chi connectivity index (χ4n) is 4.04. The van der Waals surface area contributed by atoms with Crippen LogP contribution in [0.5, 0.6) is 0 Å². The summed E-state index contributed by atoms with van der Waals surface area (Å²) in [4.78, 5) is 7.99. The van der Waals surface area contributed by atoms with Gasteiger partial charge in [-0.3, -0.25) is 0 Å². The van der Waals surface area contributed by atoms with Gasteiger partial charge in [-0.2, -0.15) is 10.1 Å². The van der Waals surface area contributed by atoms with E-state index in [0.29, 0.717) is 12.5 Å². The van der Waals surface area contributed by atoms with Gasteiger partial charge in [0.25, 0.3) is 5.95 Å². The third kappa shape index (κ3) is 3.16. The van der Waals surface area contributed by atoms with E-state index in [2.05, 4.69) is 60.6 Å². The van der Waals surface area contributed by atoms with Crippen molar-refractivity contribution in [1.82, 2.24) is 24.7 Å². The fourth-order valence-corrected chi connectivity index (χ4v) is 4.04. The maximum absolute atomic E-state index is 4.75. The summed E-state index contributed by atoms with van der Waals surface area (Å²) in [5.74, 6) is 0.353. The number of aromatic nitrogens is 5. The van der Waals surface area contributed by atoms with Gasteiger partial charge in [-0.15, -0.1) is 10.2 Å². The van der Waals surface area contributed by atoms with E-state index in [4.69, 9.17) is 4.98 Å². The van der Waals surface area contributed by atoms with Crippen molar-refractivity contribution in [3.05, 3.63) is 96.2 Å². The van der Waals surface area contributed by atoms with Gasteiger partial charge < -0.3 is 9.55 Å². The first-order valence-corrected chi connectivity index (χ1v) is 10.4. The van der Waals surface area contributed by atoms with Gasteiger partial charge in [-0.1, -0.05) is 66.7 Å². The van der Waals surface area contributed by atoms with E-state index in [1.807, 2.05) is 54.7 Å². The van der Waals surface area contributed by atoms with Crippen molar-refractivity contribution in [2.75, 3.05) is 5.43 Å². The molecular formula is C25H19N7. The number of nitrogens with one attached hydrogen (secondary N) is 2. The summed E-state index contributed by atoms with van der Waals surface area (Å²) < 4.78 is 2.17. The number of H-pyrrole nitrogens is 1. The van der Waals surface area contributed by atoms with E-state index in [9.17, 15) is 0 Å². The zero-order valence-electron chi connectivity index (χ0n) is 17.1. The van der Waals surface area contributed by atoms with Crippen LogP contribution in [0.25, 0.3) is 33.0 Å². The summed E-state index contributed by atoms with van der Waals surface area (Å²) >= 11 is 0. The molecule has 0 aliphatic heterocycles. The molecule has 2 N–H and O–H groups in total. The van der Waals surface area contributed by atoms with Crippen molar-refractivity contribution < 1.29 is 0 Å². The van der Waals surface area contributed by atoms with Crippen LogP contribution in [-0.4, -0.2) is 30.9 Å². The molecule has 3 heterocycles. The predicted octanol–water partition coefficient (Wildman–Crippen LogP) is 4.96. The number of rotatable bonds is 5. The van der Waals surface area contributed by atoms with Gasteiger partial charge in [-0.05, 0) is 17.7 Å². The van der Waals surface area contributed by atoms with E-state index in [1.54, 1.807) is 6.21 Å². The molecular weight excluding hydrogens is 398 g/mol. The molecule has 6 rings (SSSR count). The van der Waals surface area contributed by atoms with Crippen molar-refractivity contribution >= 4 is 45.1 Å². The van der Waals surface area contributed by atoms with Gasteiger partial charge in [0.05, 0.1) is 11.7 Å². The Morgan fingerprint density at radius 1 is 0.875 bits per heavy atom. The van der Waals surface area contributed by atoms with Gasteiger partial charge in [0.1, 0.15) is 5.52 Å². The molecule has 0 radical (unpaired) electrons. The number of hydrazone groups is 1. The molecule has 3 aromatic carbocycles. The number of benzene rings is 3. The minimum Gasteiger partial charge on any atom is -0.361 e. The second-order valence-electron chi connectivity index (χ2n) is 7.56. The standard InChI is InChI=1S/C25H19N7/c1-2-8-17(9-3-1)16-32-22-13-7-5-11-20(22)23-24(32)28-25(31-29-23)30-27-15-18-14-26-21-12-6-4-10-19(18)21/h1-15,26H,16H2,(H,28,30,31)/b27-15-. The van der Waals surface area contributed by atoms with Crippen molar-refractivity contribution in [2.45, 2.75) is 6.54 Å². The van der Waals surface area contributed by atoms with Crippen LogP contribution in [0.1, 0.15) is 11.1 Å². The predicted molar refractivity (Wildman–Crippen MR) is 128 cm³/mol. The van der Waals surface area contributed by atoms with Crippen LogP contribution in [0.15, 0.2) is 90.2 Å². The zero-order chi connectivity index (χ0) is 21.3. The molecule has 0 fully saturated rings. The lowest BCUT2D eigenvalue weighted by molar-refractivity contribution is 0.848. The molecule has 0 spiro atoms. The van der Waals surface area contributed by atoms with Gasteiger partial charge in [0, 0.05) is 34.6 Å². The van der Waals surface area contributed by atoms with E-state index < -0.39 is 0 Å². The molecule has 32 heavy (non-hydrogen) atoms. The molecule has 0 aliphatic carbocycles. The van der Waals surface area contributed by atoms with Gasteiger partial charge in [0.2, 0.25) is 0 Å². The molecule has 0 amide bonds. The lowest BCUT2D eigenvalue weighted by Gasteiger charge is -2.07. The molecule has 0 saturated carbocycles. The Kier molecular flexibility index (Phi) is 4.35. The van der Waals surface area contributed by atoms with Crippen molar-refractivity contribution in [2.24, 2.45) is 5.10 Å². The molecule has 154 valence electrons. The number of nitrogens with zero attached hydrogens (tertiary/aromatic N) is 5.